The number of rotatable bonds is 9. The molecule has 1 aliphatic rings. The van der Waals surface area contributed by atoms with Crippen LogP contribution < -0.4 is 10.6 Å². The second kappa shape index (κ2) is 10.9. The van der Waals surface area contributed by atoms with Gasteiger partial charge in [-0.25, -0.2) is 4.98 Å². The first-order chi connectivity index (χ1) is 15.7. The summed E-state index contributed by atoms with van der Waals surface area (Å²) in [4.78, 5) is 31.1. The summed E-state index contributed by atoms with van der Waals surface area (Å²) in [7, 11) is 0. The number of nitrogens with one attached hydrogen (secondary N) is 3. The molecular formula is C23H26N6O2S. The number of nitrogens with zero attached hydrogens (tertiary/aromatic N) is 3. The predicted octanol–water partition coefficient (Wildman–Crippen LogP) is 2.07. The second-order valence-corrected chi connectivity index (χ2v) is 8.62. The topological polar surface area (TPSA) is 103 Å². The van der Waals surface area contributed by atoms with E-state index in [0.717, 1.165) is 16.3 Å². The predicted molar refractivity (Wildman–Crippen MR) is 124 cm³/mol. The Labute approximate surface area is 191 Å². The summed E-state index contributed by atoms with van der Waals surface area (Å²) in [5.74, 6) is 0.452. The molecule has 0 bridgehead atoms. The fraction of sp³-hybridized carbons (Fsp3) is 0.304. The van der Waals surface area contributed by atoms with Crippen molar-refractivity contribution in [1.29, 1.82) is 0 Å². The number of thioether (sulfide) groups is 1. The molecule has 0 aliphatic carbocycles. The smallest absolute Gasteiger partial charge is 0.237 e. The summed E-state index contributed by atoms with van der Waals surface area (Å²) >= 11 is 1.48. The van der Waals surface area contributed by atoms with E-state index in [4.69, 9.17) is 0 Å². The molecule has 1 atom stereocenters. The number of amides is 2. The molecule has 166 valence electrons. The van der Waals surface area contributed by atoms with Gasteiger partial charge in [-0.15, -0.1) is 0 Å². The van der Waals surface area contributed by atoms with Crippen LogP contribution in [0.4, 0.5) is 0 Å². The highest BCUT2D eigenvalue weighted by molar-refractivity contribution is 7.99. The van der Waals surface area contributed by atoms with Crippen LogP contribution in [0.2, 0.25) is 0 Å². The largest absolute Gasteiger partial charge is 0.355 e. The molecule has 8 nitrogen and oxygen atoms in total. The van der Waals surface area contributed by atoms with Gasteiger partial charge in [0.15, 0.2) is 5.16 Å². The first-order valence-corrected chi connectivity index (χ1v) is 11.6. The Morgan fingerprint density at radius 1 is 1.12 bits per heavy atom. The third-order valence-electron chi connectivity index (χ3n) is 5.32. The van der Waals surface area contributed by atoms with Gasteiger partial charge in [-0.05, 0) is 16.7 Å². The molecule has 1 fully saturated rings. The number of aromatic nitrogens is 3. The zero-order chi connectivity index (χ0) is 22.2. The Kier molecular flexibility index (Phi) is 7.52. The number of H-pyrrole nitrogens is 1. The van der Waals surface area contributed by atoms with Crippen molar-refractivity contribution in [2.24, 2.45) is 0 Å². The Balaban J connectivity index is 1.31. The molecule has 2 aromatic carbocycles. The lowest BCUT2D eigenvalue weighted by atomic mass is 10.0. The Morgan fingerprint density at radius 2 is 1.91 bits per heavy atom. The molecule has 2 amide bonds. The molecule has 32 heavy (non-hydrogen) atoms. The standard InChI is InChI=1S/C23H26N6O2S/c30-21(24-11-13-32-23-26-16-27-28-23)14-20-22(31)25-10-12-29(20)15-17-6-8-19(9-7-17)18-4-2-1-3-5-18/h1-9,16,20H,10-15H2,(H,24,30)(H,25,31)(H,26,27,28)/t20-/m0/s1. The number of carbonyl (C=O) groups is 2. The molecule has 1 saturated heterocycles. The van der Waals surface area contributed by atoms with Gasteiger partial charge < -0.3 is 10.6 Å². The number of benzene rings is 2. The fourth-order valence-corrected chi connectivity index (χ4v) is 4.33. The molecule has 1 aliphatic heterocycles. The number of aromatic amines is 1. The number of carbonyl (C=O) groups excluding carboxylic acids is 2. The maximum atomic E-state index is 12.5. The van der Waals surface area contributed by atoms with Crippen molar-refractivity contribution in [3.05, 3.63) is 66.5 Å². The van der Waals surface area contributed by atoms with Gasteiger partial charge in [-0.1, -0.05) is 66.4 Å². The van der Waals surface area contributed by atoms with Crippen molar-refractivity contribution in [2.75, 3.05) is 25.4 Å². The van der Waals surface area contributed by atoms with E-state index in [1.54, 1.807) is 0 Å². The van der Waals surface area contributed by atoms with Crippen LogP contribution in [0.15, 0.2) is 66.1 Å². The third-order valence-corrected chi connectivity index (χ3v) is 6.20. The van der Waals surface area contributed by atoms with E-state index in [0.29, 0.717) is 31.9 Å². The van der Waals surface area contributed by atoms with E-state index in [1.165, 1.54) is 23.7 Å². The first kappa shape index (κ1) is 22.0. The second-order valence-electron chi connectivity index (χ2n) is 7.53. The molecule has 0 saturated carbocycles. The van der Waals surface area contributed by atoms with Crippen molar-refractivity contribution in [1.82, 2.24) is 30.7 Å². The van der Waals surface area contributed by atoms with Gasteiger partial charge in [0.2, 0.25) is 11.8 Å². The van der Waals surface area contributed by atoms with Crippen LogP contribution in [-0.4, -0.2) is 63.3 Å². The Morgan fingerprint density at radius 3 is 2.66 bits per heavy atom. The highest BCUT2D eigenvalue weighted by Crippen LogP contribution is 2.21. The SMILES string of the molecule is O=C(C[C@H]1C(=O)NCCN1Cc1ccc(-c2ccccc2)cc1)NCCSc1ncn[nH]1. The van der Waals surface area contributed by atoms with Crippen LogP contribution in [0, 0.1) is 0 Å². The summed E-state index contributed by atoms with van der Waals surface area (Å²) in [5, 5.41) is 13.1. The van der Waals surface area contributed by atoms with Crippen molar-refractivity contribution in [3.8, 4) is 11.1 Å². The molecule has 3 aromatic rings. The quantitative estimate of drug-likeness (QED) is 0.341. The highest BCUT2D eigenvalue weighted by Gasteiger charge is 2.31. The minimum atomic E-state index is -0.473. The van der Waals surface area contributed by atoms with Crippen LogP contribution in [0.3, 0.4) is 0 Å². The van der Waals surface area contributed by atoms with E-state index in [9.17, 15) is 9.59 Å². The molecule has 3 N–H and O–H groups in total. The van der Waals surface area contributed by atoms with E-state index < -0.39 is 6.04 Å². The van der Waals surface area contributed by atoms with Gasteiger partial charge in [0, 0.05) is 31.9 Å². The summed E-state index contributed by atoms with van der Waals surface area (Å²) in [5.41, 5.74) is 3.45. The third kappa shape index (κ3) is 5.95. The first-order valence-electron chi connectivity index (χ1n) is 10.6. The molecule has 0 unspecified atom stereocenters. The van der Waals surface area contributed by atoms with E-state index in [2.05, 4.69) is 67.1 Å². The monoisotopic (exact) mass is 450 g/mol. The van der Waals surface area contributed by atoms with Crippen LogP contribution in [0.1, 0.15) is 12.0 Å². The lowest BCUT2D eigenvalue weighted by molar-refractivity contribution is -0.134. The van der Waals surface area contributed by atoms with E-state index >= 15 is 0 Å². The lowest BCUT2D eigenvalue weighted by Crippen LogP contribution is -2.56. The Bertz CT molecular complexity index is 1010. The number of piperazine rings is 1. The lowest BCUT2D eigenvalue weighted by Gasteiger charge is -2.34. The summed E-state index contributed by atoms with van der Waals surface area (Å²) < 4.78 is 0. The van der Waals surface area contributed by atoms with Crippen LogP contribution >= 0.6 is 11.8 Å². The van der Waals surface area contributed by atoms with Crippen molar-refractivity contribution in [2.45, 2.75) is 24.2 Å². The molecule has 9 heteroatoms. The normalized spacial score (nSPS) is 16.5. The average Bonchev–Trinajstić information content (AvgIpc) is 3.34. The van der Waals surface area contributed by atoms with Gasteiger partial charge in [-0.2, -0.15) is 5.10 Å². The molecular weight excluding hydrogens is 424 g/mol. The molecule has 0 spiro atoms. The van der Waals surface area contributed by atoms with Crippen molar-refractivity contribution < 1.29 is 9.59 Å². The Hall–Kier alpha value is -3.17. The maximum Gasteiger partial charge on any atom is 0.237 e. The van der Waals surface area contributed by atoms with Gasteiger partial charge >= 0.3 is 0 Å². The minimum absolute atomic E-state index is 0.0941. The number of hydrogen-bond donors (Lipinski definition) is 3. The highest BCUT2D eigenvalue weighted by atomic mass is 32.2. The maximum absolute atomic E-state index is 12.5. The summed E-state index contributed by atoms with van der Waals surface area (Å²) in [6.45, 7) is 2.43. The van der Waals surface area contributed by atoms with Crippen LogP contribution in [0.25, 0.3) is 11.1 Å². The molecule has 1 aromatic heterocycles. The van der Waals surface area contributed by atoms with Crippen molar-refractivity contribution >= 4 is 23.6 Å². The summed E-state index contributed by atoms with van der Waals surface area (Å²) in [6, 6.07) is 18.1. The average molecular weight is 451 g/mol. The molecule has 4 rings (SSSR count). The van der Waals surface area contributed by atoms with Crippen LogP contribution in [-0.2, 0) is 16.1 Å². The zero-order valence-electron chi connectivity index (χ0n) is 17.7. The van der Waals surface area contributed by atoms with Crippen molar-refractivity contribution in [3.63, 3.8) is 0 Å². The fourth-order valence-electron chi connectivity index (χ4n) is 3.69. The number of hydrogen-bond acceptors (Lipinski definition) is 6. The van der Waals surface area contributed by atoms with Gasteiger partial charge in [0.1, 0.15) is 6.33 Å². The summed E-state index contributed by atoms with van der Waals surface area (Å²) in [6.07, 6.45) is 1.59. The van der Waals surface area contributed by atoms with Gasteiger partial charge in [0.25, 0.3) is 0 Å². The van der Waals surface area contributed by atoms with Gasteiger partial charge in [0.05, 0.1) is 12.5 Å². The van der Waals surface area contributed by atoms with Gasteiger partial charge in [-0.3, -0.25) is 19.6 Å². The van der Waals surface area contributed by atoms with E-state index in [-0.39, 0.29) is 18.2 Å². The molecule has 2 heterocycles. The molecule has 0 radical (unpaired) electrons. The van der Waals surface area contributed by atoms with Crippen LogP contribution in [0.5, 0.6) is 0 Å². The van der Waals surface area contributed by atoms with E-state index in [1.807, 2.05) is 18.2 Å². The minimum Gasteiger partial charge on any atom is -0.355 e. The zero-order valence-corrected chi connectivity index (χ0v) is 18.5.